The maximum atomic E-state index is 14.0. The van der Waals surface area contributed by atoms with Crippen LogP contribution in [-0.2, 0) is 24.9 Å². The van der Waals surface area contributed by atoms with Crippen LogP contribution in [-0.4, -0.2) is 39.4 Å². The number of carbonyl (C=O) groups is 2. The van der Waals surface area contributed by atoms with Gasteiger partial charge < -0.3 is 24.1 Å². The zero-order chi connectivity index (χ0) is 22.9. The number of aryl methyl sites for hydroxylation is 1. The summed E-state index contributed by atoms with van der Waals surface area (Å²) in [5.74, 6) is -0.0865. The quantitative estimate of drug-likeness (QED) is 0.500. The van der Waals surface area contributed by atoms with E-state index in [1.54, 1.807) is 29.4 Å². The van der Waals surface area contributed by atoms with Crippen LogP contribution in [0.15, 0.2) is 65.4 Å². The molecule has 7 nitrogen and oxygen atoms in total. The summed E-state index contributed by atoms with van der Waals surface area (Å²) in [6.07, 6.45) is 5.07. The summed E-state index contributed by atoms with van der Waals surface area (Å²) in [7, 11) is 1.92. The van der Waals surface area contributed by atoms with E-state index < -0.39 is 11.8 Å². The maximum absolute atomic E-state index is 14.0. The van der Waals surface area contributed by atoms with Gasteiger partial charge in [-0.15, -0.1) is 0 Å². The summed E-state index contributed by atoms with van der Waals surface area (Å²) in [5, 5.41) is 2.58. The zero-order valence-electron chi connectivity index (χ0n) is 18.5. The number of amides is 3. The van der Waals surface area contributed by atoms with Gasteiger partial charge in [0, 0.05) is 25.5 Å². The van der Waals surface area contributed by atoms with E-state index in [1.807, 2.05) is 42.9 Å². The fourth-order valence-electron chi connectivity index (χ4n) is 3.30. The Morgan fingerprint density at radius 2 is 1.88 bits per heavy atom. The van der Waals surface area contributed by atoms with E-state index in [0.717, 1.165) is 18.5 Å². The van der Waals surface area contributed by atoms with Crippen molar-refractivity contribution in [3.05, 3.63) is 78.3 Å². The van der Waals surface area contributed by atoms with Crippen LogP contribution in [0.2, 0.25) is 0 Å². The molecule has 0 aliphatic rings. The molecule has 3 rings (SSSR count). The summed E-state index contributed by atoms with van der Waals surface area (Å²) in [5.41, 5.74) is 1.04. The third-order valence-corrected chi connectivity index (χ3v) is 5.19. The van der Waals surface area contributed by atoms with Crippen molar-refractivity contribution in [2.75, 3.05) is 18.4 Å². The molecule has 0 saturated carbocycles. The van der Waals surface area contributed by atoms with Crippen molar-refractivity contribution < 1.29 is 18.4 Å². The molecule has 0 radical (unpaired) electrons. The highest BCUT2D eigenvalue weighted by atomic mass is 19.1. The highest BCUT2D eigenvalue weighted by Crippen LogP contribution is 2.15. The fraction of sp³-hybridized carbons (Fsp3) is 0.333. The molecule has 3 aromatic rings. The maximum Gasteiger partial charge on any atom is 0.322 e. The first kappa shape index (κ1) is 23.1. The number of carbonyl (C=O) groups excluding carboxylic acids is 2. The summed E-state index contributed by atoms with van der Waals surface area (Å²) in [4.78, 5) is 29.2. The molecule has 2 heterocycles. The lowest BCUT2D eigenvalue weighted by atomic mass is 10.3. The second-order valence-electron chi connectivity index (χ2n) is 7.62. The summed E-state index contributed by atoms with van der Waals surface area (Å²) >= 11 is 0. The third-order valence-electron chi connectivity index (χ3n) is 5.19. The lowest BCUT2D eigenvalue weighted by Crippen LogP contribution is -2.44. The van der Waals surface area contributed by atoms with Gasteiger partial charge in [0.25, 0.3) is 0 Å². The van der Waals surface area contributed by atoms with Gasteiger partial charge >= 0.3 is 6.03 Å². The van der Waals surface area contributed by atoms with Gasteiger partial charge in [0.15, 0.2) is 0 Å². The van der Waals surface area contributed by atoms with Crippen LogP contribution in [0, 0.1) is 5.82 Å². The lowest BCUT2D eigenvalue weighted by molar-refractivity contribution is -0.133. The number of aromatic nitrogens is 1. The Morgan fingerprint density at radius 1 is 1.06 bits per heavy atom. The molecule has 1 aromatic carbocycles. The molecular formula is C24H29FN4O3. The Morgan fingerprint density at radius 3 is 2.53 bits per heavy atom. The smallest absolute Gasteiger partial charge is 0.322 e. The van der Waals surface area contributed by atoms with Gasteiger partial charge in [-0.1, -0.05) is 25.5 Å². The number of rotatable bonds is 10. The van der Waals surface area contributed by atoms with Gasteiger partial charge in [0.05, 0.1) is 25.0 Å². The second-order valence-corrected chi connectivity index (χ2v) is 7.62. The number of unbranched alkanes of at least 4 members (excludes halogenated alkanes) is 1. The van der Waals surface area contributed by atoms with E-state index in [-0.39, 0.29) is 24.7 Å². The summed E-state index contributed by atoms with van der Waals surface area (Å²) in [6.45, 7) is 2.94. The van der Waals surface area contributed by atoms with Crippen LogP contribution in [0.5, 0.6) is 0 Å². The average Bonchev–Trinajstić information content (AvgIpc) is 3.44. The van der Waals surface area contributed by atoms with E-state index in [0.29, 0.717) is 18.8 Å². The number of nitrogens with one attached hydrogen (secondary N) is 1. The topological polar surface area (TPSA) is 70.7 Å². The SMILES string of the molecule is CCCCN(CC(=O)N(Cc1ccco1)Cc1cccn1C)C(=O)Nc1ccccc1F. The number of benzene rings is 1. The van der Waals surface area contributed by atoms with Crippen LogP contribution in [0.1, 0.15) is 31.2 Å². The third kappa shape index (κ3) is 6.23. The summed E-state index contributed by atoms with van der Waals surface area (Å²) < 4.78 is 21.4. The van der Waals surface area contributed by atoms with Gasteiger partial charge in [-0.05, 0) is 42.8 Å². The van der Waals surface area contributed by atoms with Crippen LogP contribution in [0.25, 0.3) is 0 Å². The Labute approximate surface area is 187 Å². The standard InChI is InChI=1S/C24H29FN4O3/c1-3-4-14-28(24(31)26-22-12-6-5-11-21(22)25)18-23(30)29(17-20-10-8-15-32-20)16-19-9-7-13-27(19)2/h5-13,15H,3-4,14,16-18H2,1-2H3,(H,26,31). The van der Waals surface area contributed by atoms with Crippen LogP contribution in [0.4, 0.5) is 14.9 Å². The number of halogens is 1. The number of anilines is 1. The van der Waals surface area contributed by atoms with Crippen molar-refractivity contribution in [2.45, 2.75) is 32.9 Å². The first-order chi connectivity index (χ1) is 15.5. The van der Waals surface area contributed by atoms with Gasteiger partial charge in [-0.3, -0.25) is 4.79 Å². The number of hydrogen-bond acceptors (Lipinski definition) is 3. The first-order valence-electron chi connectivity index (χ1n) is 10.7. The molecule has 1 N–H and O–H groups in total. The lowest BCUT2D eigenvalue weighted by Gasteiger charge is -2.27. The molecule has 0 aliphatic carbocycles. The largest absolute Gasteiger partial charge is 0.467 e. The van der Waals surface area contributed by atoms with Crippen molar-refractivity contribution in [3.63, 3.8) is 0 Å². The van der Waals surface area contributed by atoms with Crippen LogP contribution < -0.4 is 5.32 Å². The van der Waals surface area contributed by atoms with Crippen molar-refractivity contribution in [3.8, 4) is 0 Å². The van der Waals surface area contributed by atoms with Crippen molar-refractivity contribution in [2.24, 2.45) is 7.05 Å². The molecule has 8 heteroatoms. The monoisotopic (exact) mass is 440 g/mol. The first-order valence-corrected chi connectivity index (χ1v) is 10.7. The highest BCUT2D eigenvalue weighted by Gasteiger charge is 2.23. The Balaban J connectivity index is 1.75. The van der Waals surface area contributed by atoms with E-state index in [1.165, 1.54) is 17.0 Å². The molecule has 0 aliphatic heterocycles. The van der Waals surface area contributed by atoms with E-state index in [4.69, 9.17) is 4.42 Å². The molecule has 0 fully saturated rings. The molecule has 32 heavy (non-hydrogen) atoms. The average molecular weight is 441 g/mol. The van der Waals surface area contributed by atoms with E-state index in [9.17, 15) is 14.0 Å². The number of hydrogen-bond donors (Lipinski definition) is 1. The zero-order valence-corrected chi connectivity index (χ0v) is 18.5. The molecule has 0 atom stereocenters. The Kier molecular flexibility index (Phi) is 8.08. The molecule has 2 aromatic heterocycles. The number of furan rings is 1. The van der Waals surface area contributed by atoms with E-state index >= 15 is 0 Å². The Bertz CT molecular complexity index is 1020. The fourth-order valence-corrected chi connectivity index (χ4v) is 3.30. The molecule has 0 bridgehead atoms. The predicted octanol–water partition coefficient (Wildman–Crippen LogP) is 4.62. The van der Waals surface area contributed by atoms with Crippen molar-refractivity contribution in [1.29, 1.82) is 0 Å². The van der Waals surface area contributed by atoms with Gasteiger partial charge in [0.2, 0.25) is 5.91 Å². The minimum Gasteiger partial charge on any atom is -0.467 e. The molecular weight excluding hydrogens is 411 g/mol. The minimum atomic E-state index is -0.522. The van der Waals surface area contributed by atoms with Gasteiger partial charge in [-0.2, -0.15) is 0 Å². The van der Waals surface area contributed by atoms with Gasteiger partial charge in [0.1, 0.15) is 18.1 Å². The number of urea groups is 1. The second kappa shape index (κ2) is 11.2. The minimum absolute atomic E-state index is 0.0858. The Hall–Kier alpha value is -3.55. The molecule has 3 amide bonds. The van der Waals surface area contributed by atoms with Crippen LogP contribution >= 0.6 is 0 Å². The highest BCUT2D eigenvalue weighted by molar-refractivity contribution is 5.92. The molecule has 0 spiro atoms. The summed E-state index contributed by atoms with van der Waals surface area (Å²) in [6, 6.07) is 12.9. The number of nitrogens with zero attached hydrogens (tertiary/aromatic N) is 3. The van der Waals surface area contributed by atoms with Crippen molar-refractivity contribution >= 4 is 17.6 Å². The number of para-hydroxylation sites is 1. The predicted molar refractivity (Wildman–Crippen MR) is 120 cm³/mol. The normalized spacial score (nSPS) is 10.7. The van der Waals surface area contributed by atoms with Crippen molar-refractivity contribution in [1.82, 2.24) is 14.4 Å². The van der Waals surface area contributed by atoms with Gasteiger partial charge in [-0.25, -0.2) is 9.18 Å². The molecule has 0 unspecified atom stereocenters. The van der Waals surface area contributed by atoms with E-state index in [2.05, 4.69) is 5.32 Å². The molecule has 170 valence electrons. The molecule has 0 saturated heterocycles. The van der Waals surface area contributed by atoms with Crippen LogP contribution in [0.3, 0.4) is 0 Å².